The lowest BCUT2D eigenvalue weighted by molar-refractivity contribution is -0.115. The number of hydrogen-bond donors (Lipinski definition) is 1. The van der Waals surface area contributed by atoms with Crippen molar-refractivity contribution in [2.75, 3.05) is 21.3 Å². The third-order valence-electron chi connectivity index (χ3n) is 4.33. The monoisotopic (exact) mass is 384 g/mol. The van der Waals surface area contributed by atoms with Gasteiger partial charge in [0.25, 0.3) is 5.91 Å². The van der Waals surface area contributed by atoms with Crippen molar-refractivity contribution in [3.63, 3.8) is 0 Å². The molecule has 1 amide bonds. The van der Waals surface area contributed by atoms with Crippen molar-refractivity contribution >= 4 is 17.8 Å². The molecule has 1 heterocycles. The van der Waals surface area contributed by atoms with Crippen molar-refractivity contribution in [3.8, 4) is 17.2 Å². The zero-order valence-electron chi connectivity index (χ0n) is 15.9. The highest BCUT2D eigenvalue weighted by Crippen LogP contribution is 2.38. The Morgan fingerprint density at radius 1 is 1.04 bits per heavy atom. The van der Waals surface area contributed by atoms with Gasteiger partial charge in [-0.25, -0.2) is 9.38 Å². The van der Waals surface area contributed by atoms with E-state index in [1.165, 1.54) is 27.4 Å². The van der Waals surface area contributed by atoms with Gasteiger partial charge >= 0.3 is 0 Å². The Balaban J connectivity index is 1.82. The Hall–Kier alpha value is -3.35. The normalized spacial score (nSPS) is 14.6. The van der Waals surface area contributed by atoms with E-state index in [0.29, 0.717) is 47.1 Å². The minimum atomic E-state index is -0.308. The van der Waals surface area contributed by atoms with Crippen LogP contribution in [-0.2, 0) is 11.2 Å². The molecule has 3 rings (SSSR count). The number of ether oxygens (including phenoxy) is 3. The second-order valence-electron chi connectivity index (χ2n) is 6.09. The summed E-state index contributed by atoms with van der Waals surface area (Å²) in [6.45, 7) is 0. The second kappa shape index (κ2) is 8.56. The molecule has 7 heteroatoms. The zero-order valence-corrected chi connectivity index (χ0v) is 15.9. The van der Waals surface area contributed by atoms with Crippen LogP contribution in [0, 0.1) is 5.82 Å². The van der Waals surface area contributed by atoms with E-state index in [0.717, 1.165) is 0 Å². The van der Waals surface area contributed by atoms with Crippen LogP contribution >= 0.6 is 0 Å². The summed E-state index contributed by atoms with van der Waals surface area (Å²) in [7, 11) is 4.57. The predicted octanol–water partition coefficient (Wildman–Crippen LogP) is 3.35. The molecule has 0 bridgehead atoms. The topological polar surface area (TPSA) is 69.2 Å². The van der Waals surface area contributed by atoms with Crippen LogP contribution in [0.25, 0.3) is 6.08 Å². The fourth-order valence-electron chi connectivity index (χ4n) is 2.93. The van der Waals surface area contributed by atoms with Gasteiger partial charge < -0.3 is 19.5 Å². The highest BCUT2D eigenvalue weighted by Gasteiger charge is 2.21. The average molecular weight is 384 g/mol. The quantitative estimate of drug-likeness (QED) is 0.744. The van der Waals surface area contributed by atoms with Gasteiger partial charge in [-0.3, -0.25) is 4.79 Å². The minimum absolute atomic E-state index is 0.262. The van der Waals surface area contributed by atoms with Gasteiger partial charge in [-0.1, -0.05) is 18.2 Å². The first-order valence-electron chi connectivity index (χ1n) is 8.69. The summed E-state index contributed by atoms with van der Waals surface area (Å²) >= 11 is 0. The van der Waals surface area contributed by atoms with E-state index < -0.39 is 0 Å². The lowest BCUT2D eigenvalue weighted by atomic mass is 10.1. The van der Waals surface area contributed by atoms with Crippen LogP contribution in [0.15, 0.2) is 47.1 Å². The molecule has 1 N–H and O–H groups in total. The van der Waals surface area contributed by atoms with E-state index in [-0.39, 0.29) is 17.4 Å². The molecule has 6 nitrogen and oxygen atoms in total. The largest absolute Gasteiger partial charge is 0.493 e. The summed E-state index contributed by atoms with van der Waals surface area (Å²) in [5.74, 6) is 1.37. The van der Waals surface area contributed by atoms with E-state index in [9.17, 15) is 9.18 Å². The summed E-state index contributed by atoms with van der Waals surface area (Å²) in [5, 5.41) is 2.73. The zero-order chi connectivity index (χ0) is 20.1. The van der Waals surface area contributed by atoms with E-state index in [4.69, 9.17) is 14.2 Å². The fraction of sp³-hybridized carbons (Fsp3) is 0.238. The van der Waals surface area contributed by atoms with E-state index >= 15 is 0 Å². The molecular formula is C21H21FN2O4. The van der Waals surface area contributed by atoms with Gasteiger partial charge in [-0.05, 0) is 41.8 Å². The number of methoxy groups -OCH3 is 3. The average Bonchev–Trinajstić information content (AvgIpc) is 3.05. The van der Waals surface area contributed by atoms with E-state index in [1.807, 2.05) is 0 Å². The molecule has 0 saturated heterocycles. The van der Waals surface area contributed by atoms with Gasteiger partial charge in [0, 0.05) is 6.42 Å². The first kappa shape index (κ1) is 19.4. The lowest BCUT2D eigenvalue weighted by Gasteiger charge is -2.12. The molecule has 2 aromatic rings. The van der Waals surface area contributed by atoms with Crippen LogP contribution in [0.2, 0.25) is 0 Å². The molecule has 0 fully saturated rings. The first-order valence-corrected chi connectivity index (χ1v) is 8.69. The van der Waals surface area contributed by atoms with Crippen LogP contribution in [0.5, 0.6) is 17.2 Å². The summed E-state index contributed by atoms with van der Waals surface area (Å²) in [5.41, 5.74) is 1.53. The van der Waals surface area contributed by atoms with Crippen molar-refractivity contribution in [2.24, 2.45) is 4.99 Å². The Labute approximate surface area is 162 Å². The van der Waals surface area contributed by atoms with Gasteiger partial charge in [0.15, 0.2) is 11.5 Å². The van der Waals surface area contributed by atoms with Gasteiger partial charge in [-0.15, -0.1) is 0 Å². The number of nitrogens with one attached hydrogen (secondary N) is 1. The van der Waals surface area contributed by atoms with Crippen molar-refractivity contribution in [1.29, 1.82) is 0 Å². The maximum absolute atomic E-state index is 13.7. The second-order valence-corrected chi connectivity index (χ2v) is 6.09. The fourth-order valence-corrected chi connectivity index (χ4v) is 2.93. The number of hydrogen-bond acceptors (Lipinski definition) is 5. The molecule has 2 aromatic carbocycles. The number of nitrogens with zero attached hydrogens (tertiary/aromatic N) is 1. The van der Waals surface area contributed by atoms with Gasteiger partial charge in [0.1, 0.15) is 17.3 Å². The molecule has 1 aliphatic heterocycles. The highest BCUT2D eigenvalue weighted by molar-refractivity contribution is 6.14. The van der Waals surface area contributed by atoms with Crippen molar-refractivity contribution in [3.05, 3.63) is 59.0 Å². The number of aryl methyl sites for hydroxylation is 1. The standard InChI is InChI=1S/C21H21FN2O4/c1-26-17-11-13(12-18(27-2)20(17)28-3)10-16-21(25)24-19(23-16)9-8-14-6-4-5-7-15(14)22/h4-7,10-12H,8-9H2,1-3H3,(H,23,24,25)/b16-10+. The molecule has 0 spiro atoms. The summed E-state index contributed by atoms with van der Waals surface area (Å²) in [4.78, 5) is 16.6. The molecule has 28 heavy (non-hydrogen) atoms. The molecule has 0 radical (unpaired) electrons. The number of aliphatic imine (C=N–C) groups is 1. The van der Waals surface area contributed by atoms with E-state index in [2.05, 4.69) is 10.3 Å². The third kappa shape index (κ3) is 4.14. The molecule has 0 unspecified atom stereocenters. The Bertz CT molecular complexity index is 928. The molecule has 0 aromatic heterocycles. The molecule has 0 saturated carbocycles. The number of amides is 1. The number of rotatable bonds is 7. The molecule has 1 aliphatic rings. The van der Waals surface area contributed by atoms with Crippen LogP contribution in [-0.4, -0.2) is 33.1 Å². The molecule has 0 atom stereocenters. The van der Waals surface area contributed by atoms with Gasteiger partial charge in [-0.2, -0.15) is 0 Å². The van der Waals surface area contributed by atoms with Crippen LogP contribution in [0.3, 0.4) is 0 Å². The lowest BCUT2D eigenvalue weighted by Crippen LogP contribution is -2.24. The highest BCUT2D eigenvalue weighted by atomic mass is 19.1. The molecular weight excluding hydrogens is 363 g/mol. The Kier molecular flexibility index (Phi) is 5.93. The van der Waals surface area contributed by atoms with Crippen LogP contribution in [0.4, 0.5) is 4.39 Å². The maximum atomic E-state index is 13.7. The maximum Gasteiger partial charge on any atom is 0.275 e. The number of halogens is 1. The molecule has 146 valence electrons. The predicted molar refractivity (Wildman–Crippen MR) is 104 cm³/mol. The third-order valence-corrected chi connectivity index (χ3v) is 4.33. The smallest absolute Gasteiger partial charge is 0.275 e. The number of carbonyl (C=O) groups is 1. The van der Waals surface area contributed by atoms with Crippen molar-refractivity contribution in [1.82, 2.24) is 5.32 Å². The van der Waals surface area contributed by atoms with Crippen molar-refractivity contribution in [2.45, 2.75) is 12.8 Å². The summed E-state index contributed by atoms with van der Waals surface area (Å²) in [6, 6.07) is 10.0. The SMILES string of the molecule is COc1cc(/C=C2/N=C(CCc3ccccc3F)NC2=O)cc(OC)c1OC. The van der Waals surface area contributed by atoms with Gasteiger partial charge in [0.2, 0.25) is 5.75 Å². The first-order chi connectivity index (χ1) is 13.5. The molecule has 0 aliphatic carbocycles. The van der Waals surface area contributed by atoms with Crippen LogP contribution in [0.1, 0.15) is 17.5 Å². The number of carbonyl (C=O) groups excluding carboxylic acids is 1. The summed E-state index contributed by atoms with van der Waals surface area (Å²) < 4.78 is 29.7. The number of benzene rings is 2. The minimum Gasteiger partial charge on any atom is -0.493 e. The van der Waals surface area contributed by atoms with Crippen molar-refractivity contribution < 1.29 is 23.4 Å². The number of amidine groups is 1. The Morgan fingerprint density at radius 2 is 1.71 bits per heavy atom. The van der Waals surface area contributed by atoms with E-state index in [1.54, 1.807) is 36.4 Å². The van der Waals surface area contributed by atoms with Gasteiger partial charge in [0.05, 0.1) is 21.3 Å². The Morgan fingerprint density at radius 3 is 2.32 bits per heavy atom. The summed E-state index contributed by atoms with van der Waals surface area (Å²) in [6.07, 6.45) is 2.51. The van der Waals surface area contributed by atoms with Crippen LogP contribution < -0.4 is 19.5 Å².